The van der Waals surface area contributed by atoms with E-state index in [2.05, 4.69) is 5.32 Å². The van der Waals surface area contributed by atoms with Gasteiger partial charge in [0.05, 0.1) is 7.11 Å². The molecule has 94 valence electrons. The molecule has 1 aromatic carbocycles. The number of phenolic OH excluding ortho intramolecular Hbond substituents is 1. The molecule has 1 atom stereocenters. The first kappa shape index (κ1) is 12.6. The maximum atomic E-state index is 9.48. The van der Waals surface area contributed by atoms with E-state index in [1.165, 1.54) is 17.9 Å². The second-order valence-electron chi connectivity index (χ2n) is 4.37. The Bertz CT molecular complexity index is 364. The van der Waals surface area contributed by atoms with Gasteiger partial charge < -0.3 is 15.2 Å². The number of aromatic hydroxyl groups is 1. The van der Waals surface area contributed by atoms with E-state index in [9.17, 15) is 5.11 Å². The SMILES string of the molecule is COc1cc(CNCC2CCSC2)ccc1O. The highest BCUT2D eigenvalue weighted by Crippen LogP contribution is 2.26. The Labute approximate surface area is 107 Å². The molecule has 0 radical (unpaired) electrons. The molecular formula is C13H19NO2S. The lowest BCUT2D eigenvalue weighted by atomic mass is 10.1. The molecule has 1 unspecified atom stereocenters. The summed E-state index contributed by atoms with van der Waals surface area (Å²) in [5.74, 6) is 4.15. The average molecular weight is 253 g/mol. The van der Waals surface area contributed by atoms with Crippen LogP contribution in [0, 0.1) is 5.92 Å². The largest absolute Gasteiger partial charge is 0.504 e. The van der Waals surface area contributed by atoms with Crippen molar-refractivity contribution in [2.45, 2.75) is 13.0 Å². The second kappa shape index (κ2) is 6.17. The number of phenols is 1. The van der Waals surface area contributed by atoms with Gasteiger partial charge in [-0.05, 0) is 48.1 Å². The van der Waals surface area contributed by atoms with E-state index in [1.54, 1.807) is 13.2 Å². The van der Waals surface area contributed by atoms with E-state index in [0.29, 0.717) is 5.75 Å². The predicted octanol–water partition coefficient (Wildman–Crippen LogP) is 2.24. The fourth-order valence-corrected chi connectivity index (χ4v) is 3.28. The smallest absolute Gasteiger partial charge is 0.160 e. The molecule has 1 heterocycles. The van der Waals surface area contributed by atoms with E-state index in [4.69, 9.17) is 4.74 Å². The Balaban J connectivity index is 1.81. The molecule has 1 fully saturated rings. The fourth-order valence-electron chi connectivity index (χ4n) is 2.00. The van der Waals surface area contributed by atoms with Gasteiger partial charge in [-0.15, -0.1) is 0 Å². The van der Waals surface area contributed by atoms with E-state index in [0.717, 1.165) is 24.6 Å². The van der Waals surface area contributed by atoms with Gasteiger partial charge in [0, 0.05) is 6.54 Å². The zero-order valence-electron chi connectivity index (χ0n) is 10.1. The van der Waals surface area contributed by atoms with Crippen LogP contribution in [0.25, 0.3) is 0 Å². The minimum Gasteiger partial charge on any atom is -0.504 e. The molecule has 4 heteroatoms. The molecule has 0 spiro atoms. The lowest BCUT2D eigenvalue weighted by molar-refractivity contribution is 0.372. The van der Waals surface area contributed by atoms with Crippen LogP contribution in [0.15, 0.2) is 18.2 Å². The van der Waals surface area contributed by atoms with Gasteiger partial charge in [-0.1, -0.05) is 6.07 Å². The molecule has 1 saturated heterocycles. The molecule has 0 bridgehead atoms. The molecule has 1 aliphatic heterocycles. The van der Waals surface area contributed by atoms with Crippen molar-refractivity contribution in [1.82, 2.24) is 5.32 Å². The van der Waals surface area contributed by atoms with Gasteiger partial charge in [-0.2, -0.15) is 11.8 Å². The predicted molar refractivity (Wildman–Crippen MR) is 71.8 cm³/mol. The van der Waals surface area contributed by atoms with Crippen LogP contribution in [-0.2, 0) is 6.54 Å². The minimum absolute atomic E-state index is 0.198. The maximum absolute atomic E-state index is 9.48. The van der Waals surface area contributed by atoms with E-state index in [-0.39, 0.29) is 5.75 Å². The van der Waals surface area contributed by atoms with Crippen molar-refractivity contribution in [3.05, 3.63) is 23.8 Å². The number of nitrogens with one attached hydrogen (secondary N) is 1. The summed E-state index contributed by atoms with van der Waals surface area (Å²) in [5, 5.41) is 12.9. The van der Waals surface area contributed by atoms with Crippen LogP contribution in [0.3, 0.4) is 0 Å². The molecule has 1 aromatic rings. The number of thioether (sulfide) groups is 1. The van der Waals surface area contributed by atoms with Gasteiger partial charge in [0.25, 0.3) is 0 Å². The molecule has 0 aliphatic carbocycles. The molecule has 17 heavy (non-hydrogen) atoms. The van der Waals surface area contributed by atoms with Crippen molar-refractivity contribution in [2.75, 3.05) is 25.2 Å². The van der Waals surface area contributed by atoms with Gasteiger partial charge in [0.1, 0.15) is 0 Å². The third kappa shape index (κ3) is 3.54. The van der Waals surface area contributed by atoms with Crippen molar-refractivity contribution >= 4 is 11.8 Å². The topological polar surface area (TPSA) is 41.5 Å². The van der Waals surface area contributed by atoms with Crippen molar-refractivity contribution in [3.8, 4) is 11.5 Å². The quantitative estimate of drug-likeness (QED) is 0.844. The zero-order valence-corrected chi connectivity index (χ0v) is 10.9. The Morgan fingerprint density at radius 3 is 3.12 bits per heavy atom. The molecule has 3 nitrogen and oxygen atoms in total. The number of hydrogen-bond donors (Lipinski definition) is 2. The zero-order chi connectivity index (χ0) is 12.1. The monoisotopic (exact) mass is 253 g/mol. The summed E-state index contributed by atoms with van der Waals surface area (Å²) in [6.45, 7) is 1.91. The highest BCUT2D eigenvalue weighted by molar-refractivity contribution is 7.99. The summed E-state index contributed by atoms with van der Waals surface area (Å²) < 4.78 is 5.08. The van der Waals surface area contributed by atoms with Gasteiger partial charge in [-0.25, -0.2) is 0 Å². The van der Waals surface area contributed by atoms with E-state index >= 15 is 0 Å². The Morgan fingerprint density at radius 1 is 1.53 bits per heavy atom. The average Bonchev–Trinajstić information content (AvgIpc) is 2.84. The summed E-state index contributed by atoms with van der Waals surface area (Å²) in [4.78, 5) is 0. The summed E-state index contributed by atoms with van der Waals surface area (Å²) >= 11 is 2.04. The highest BCUT2D eigenvalue weighted by atomic mass is 32.2. The van der Waals surface area contributed by atoms with Crippen molar-refractivity contribution in [2.24, 2.45) is 5.92 Å². The van der Waals surface area contributed by atoms with Gasteiger partial charge in [-0.3, -0.25) is 0 Å². The minimum atomic E-state index is 0.198. The molecule has 0 saturated carbocycles. The third-order valence-electron chi connectivity index (χ3n) is 3.03. The molecule has 0 amide bonds. The normalized spacial score (nSPS) is 19.5. The van der Waals surface area contributed by atoms with Crippen molar-refractivity contribution in [3.63, 3.8) is 0 Å². The molecule has 2 rings (SSSR count). The third-order valence-corrected chi connectivity index (χ3v) is 4.26. The maximum Gasteiger partial charge on any atom is 0.160 e. The Hall–Kier alpha value is -0.870. The molecule has 2 N–H and O–H groups in total. The van der Waals surface area contributed by atoms with E-state index in [1.807, 2.05) is 23.9 Å². The fraction of sp³-hybridized carbons (Fsp3) is 0.538. The number of benzene rings is 1. The summed E-state index contributed by atoms with van der Waals surface area (Å²) in [5.41, 5.74) is 1.14. The molecule has 0 aromatic heterocycles. The standard InChI is InChI=1S/C13H19NO2S/c1-16-13-6-10(2-3-12(13)15)7-14-8-11-4-5-17-9-11/h2-3,6,11,14-15H,4-5,7-9H2,1H3. The highest BCUT2D eigenvalue weighted by Gasteiger charge is 2.14. The van der Waals surface area contributed by atoms with Crippen LogP contribution >= 0.6 is 11.8 Å². The summed E-state index contributed by atoms with van der Waals surface area (Å²) in [6, 6.07) is 5.49. The number of rotatable bonds is 5. The first-order valence-corrected chi connectivity index (χ1v) is 7.09. The van der Waals surface area contributed by atoms with Crippen molar-refractivity contribution in [1.29, 1.82) is 0 Å². The summed E-state index contributed by atoms with van der Waals surface area (Å²) in [7, 11) is 1.57. The van der Waals surface area contributed by atoms with Crippen LogP contribution in [0.2, 0.25) is 0 Å². The van der Waals surface area contributed by atoms with Crippen LogP contribution in [0.5, 0.6) is 11.5 Å². The van der Waals surface area contributed by atoms with Crippen molar-refractivity contribution < 1.29 is 9.84 Å². The lowest BCUT2D eigenvalue weighted by Crippen LogP contribution is -2.22. The van der Waals surface area contributed by atoms with Crippen LogP contribution in [0.1, 0.15) is 12.0 Å². The second-order valence-corrected chi connectivity index (χ2v) is 5.52. The van der Waals surface area contributed by atoms with Gasteiger partial charge >= 0.3 is 0 Å². The van der Waals surface area contributed by atoms with E-state index < -0.39 is 0 Å². The number of hydrogen-bond acceptors (Lipinski definition) is 4. The number of methoxy groups -OCH3 is 1. The first-order valence-electron chi connectivity index (χ1n) is 5.94. The molecular weight excluding hydrogens is 234 g/mol. The number of ether oxygens (including phenoxy) is 1. The first-order chi connectivity index (χ1) is 8.29. The van der Waals surface area contributed by atoms with Crippen LogP contribution < -0.4 is 10.1 Å². The Morgan fingerprint density at radius 2 is 2.41 bits per heavy atom. The Kier molecular flexibility index (Phi) is 4.57. The lowest BCUT2D eigenvalue weighted by Gasteiger charge is -2.11. The van der Waals surface area contributed by atoms with Crippen LogP contribution in [0.4, 0.5) is 0 Å². The summed E-state index contributed by atoms with van der Waals surface area (Å²) in [6.07, 6.45) is 1.33. The van der Waals surface area contributed by atoms with Gasteiger partial charge in [0.2, 0.25) is 0 Å². The molecule has 1 aliphatic rings. The van der Waals surface area contributed by atoms with Gasteiger partial charge in [0.15, 0.2) is 11.5 Å². The van der Waals surface area contributed by atoms with Crippen LogP contribution in [-0.4, -0.2) is 30.3 Å².